The number of aryl methyl sites for hydroxylation is 1. The van der Waals surface area contributed by atoms with Crippen LogP contribution in [0.25, 0.3) is 0 Å². The van der Waals surface area contributed by atoms with E-state index in [4.69, 9.17) is 9.47 Å². The SMILES string of the molecule is CC(C)[C@@H]1CC(C(=O)OCc2ccc(OCCCI(C)C)cc2)CCc2[nH]cnc21. The molecule has 3 rings (SSSR count). The number of esters is 1. The van der Waals surface area contributed by atoms with Gasteiger partial charge in [-0.25, -0.2) is 4.98 Å². The molecule has 2 atom stereocenters. The summed E-state index contributed by atoms with van der Waals surface area (Å²) in [6.45, 7) is 5.49. The van der Waals surface area contributed by atoms with E-state index in [0.717, 1.165) is 49.3 Å². The number of hydrogen-bond donors (Lipinski definition) is 1. The summed E-state index contributed by atoms with van der Waals surface area (Å²) in [5.74, 6) is 1.45. The summed E-state index contributed by atoms with van der Waals surface area (Å²) < 4.78 is 12.8. The van der Waals surface area contributed by atoms with E-state index < -0.39 is 19.8 Å². The van der Waals surface area contributed by atoms with Crippen LogP contribution in [0.4, 0.5) is 0 Å². The summed E-state index contributed by atoms with van der Waals surface area (Å²) in [6, 6.07) is 7.91. The fraction of sp³-hybridized carbons (Fsp3) is 0.583. The Balaban J connectivity index is 1.48. The maximum atomic E-state index is 12.8. The van der Waals surface area contributed by atoms with E-state index in [2.05, 4.69) is 33.7 Å². The van der Waals surface area contributed by atoms with E-state index in [1.54, 1.807) is 6.33 Å². The van der Waals surface area contributed by atoms with Crippen molar-refractivity contribution in [1.29, 1.82) is 0 Å². The number of ether oxygens (including phenoxy) is 2. The molecule has 0 radical (unpaired) electrons. The average molecular weight is 526 g/mol. The van der Waals surface area contributed by atoms with Crippen molar-refractivity contribution < 1.29 is 14.3 Å². The molecule has 0 spiro atoms. The Hall–Kier alpha value is -1.57. The predicted molar refractivity (Wildman–Crippen MR) is 130 cm³/mol. The number of H-pyrrole nitrogens is 1. The third-order valence-corrected chi connectivity index (χ3v) is 8.67. The van der Waals surface area contributed by atoms with Crippen molar-refractivity contribution in [3.63, 3.8) is 0 Å². The smallest absolute Gasteiger partial charge is 0.0925 e. The van der Waals surface area contributed by atoms with Crippen LogP contribution in [0.1, 0.15) is 56.0 Å². The molecule has 166 valence electrons. The Morgan fingerprint density at radius 3 is 2.73 bits per heavy atom. The van der Waals surface area contributed by atoms with Crippen molar-refractivity contribution in [1.82, 2.24) is 9.97 Å². The number of halogens is 1. The number of nitrogens with one attached hydrogen (secondary N) is 1. The minimum atomic E-state index is -0.650. The van der Waals surface area contributed by atoms with Gasteiger partial charge < -0.3 is 4.98 Å². The van der Waals surface area contributed by atoms with Gasteiger partial charge in [-0.1, -0.05) is 13.8 Å². The fourth-order valence-electron chi connectivity index (χ4n) is 3.97. The number of aromatic nitrogens is 2. The van der Waals surface area contributed by atoms with Crippen LogP contribution in [-0.4, -0.2) is 36.8 Å². The monoisotopic (exact) mass is 526 g/mol. The van der Waals surface area contributed by atoms with Crippen LogP contribution in [-0.2, 0) is 22.6 Å². The minimum absolute atomic E-state index is 0.0763. The van der Waals surface area contributed by atoms with Gasteiger partial charge in [-0.3, -0.25) is 0 Å². The number of alkyl halides is 3. The first-order valence-corrected chi connectivity index (χ1v) is 16.6. The van der Waals surface area contributed by atoms with Crippen LogP contribution in [0.3, 0.4) is 0 Å². The Morgan fingerprint density at radius 2 is 2.03 bits per heavy atom. The van der Waals surface area contributed by atoms with Crippen LogP contribution < -0.4 is 4.74 Å². The minimum Gasteiger partial charge on any atom is -0.348 e. The molecule has 1 aromatic carbocycles. The third-order valence-electron chi connectivity index (χ3n) is 5.75. The van der Waals surface area contributed by atoms with Crippen LogP contribution in [0, 0.1) is 11.8 Å². The molecule has 1 aliphatic carbocycles. The first-order valence-electron chi connectivity index (χ1n) is 10.8. The van der Waals surface area contributed by atoms with Gasteiger partial charge >= 0.3 is 115 Å². The Labute approximate surface area is 187 Å². The second-order valence-electron chi connectivity index (χ2n) is 8.64. The van der Waals surface area contributed by atoms with Gasteiger partial charge in [0.25, 0.3) is 0 Å². The number of rotatable bonds is 9. The van der Waals surface area contributed by atoms with Gasteiger partial charge in [0.15, 0.2) is 0 Å². The van der Waals surface area contributed by atoms with Crippen molar-refractivity contribution in [2.45, 2.75) is 52.1 Å². The van der Waals surface area contributed by atoms with Crippen molar-refractivity contribution in [3.8, 4) is 5.75 Å². The Morgan fingerprint density at radius 1 is 1.27 bits per heavy atom. The van der Waals surface area contributed by atoms with Gasteiger partial charge in [-0.2, -0.15) is 0 Å². The molecule has 1 aromatic heterocycles. The molecule has 0 aliphatic heterocycles. The van der Waals surface area contributed by atoms with E-state index >= 15 is 0 Å². The van der Waals surface area contributed by atoms with Gasteiger partial charge in [0.05, 0.1) is 12.0 Å². The van der Waals surface area contributed by atoms with E-state index in [1.807, 2.05) is 24.3 Å². The second kappa shape index (κ2) is 11.2. The van der Waals surface area contributed by atoms with E-state index in [0.29, 0.717) is 18.4 Å². The number of benzene rings is 1. The van der Waals surface area contributed by atoms with Crippen molar-refractivity contribution >= 4 is 25.8 Å². The summed E-state index contributed by atoms with van der Waals surface area (Å²) in [5, 5.41) is 0. The molecule has 30 heavy (non-hydrogen) atoms. The molecule has 2 aromatic rings. The zero-order chi connectivity index (χ0) is 21.5. The zero-order valence-electron chi connectivity index (χ0n) is 18.6. The summed E-state index contributed by atoms with van der Waals surface area (Å²) in [7, 11) is 0. The molecule has 1 N–H and O–H groups in total. The van der Waals surface area contributed by atoms with Crippen molar-refractivity contribution in [2.24, 2.45) is 11.8 Å². The van der Waals surface area contributed by atoms with Crippen LogP contribution in [0.2, 0.25) is 0 Å². The molecule has 6 heteroatoms. The maximum Gasteiger partial charge on any atom is 0.0925 e. The standard InChI is InChI=1S/C24H35IN2O3/c1-17(2)21-14-19(8-11-22-23(21)27-16-26-22)24(28)30-15-18-6-9-20(10-7-18)29-13-5-12-25(3)4/h6-7,9-10,16-17,19,21H,5,8,11-15H2,1-4H3,(H,26,27)/t19?,21-/m0/s1. The van der Waals surface area contributed by atoms with Gasteiger partial charge in [-0.15, -0.1) is 0 Å². The predicted octanol–water partition coefficient (Wildman–Crippen LogP) is 5.38. The number of hydrogen-bond acceptors (Lipinski definition) is 4. The molecule has 1 aliphatic rings. The molecule has 0 amide bonds. The zero-order valence-corrected chi connectivity index (χ0v) is 20.8. The molecule has 0 fully saturated rings. The van der Waals surface area contributed by atoms with E-state index in [1.165, 1.54) is 10.1 Å². The van der Waals surface area contributed by atoms with Crippen LogP contribution >= 0.6 is 19.8 Å². The Kier molecular flexibility index (Phi) is 8.60. The molecule has 1 heterocycles. The number of aromatic amines is 1. The largest absolute Gasteiger partial charge is 0.348 e. The van der Waals surface area contributed by atoms with Crippen LogP contribution in [0.15, 0.2) is 30.6 Å². The topological polar surface area (TPSA) is 64.2 Å². The Bertz CT molecular complexity index is 801. The second-order valence-corrected chi connectivity index (χ2v) is 14.9. The van der Waals surface area contributed by atoms with E-state index in [-0.39, 0.29) is 11.9 Å². The van der Waals surface area contributed by atoms with Gasteiger partial charge in [0, 0.05) is 11.6 Å². The molecule has 0 saturated heterocycles. The number of nitrogens with zero attached hydrogens (tertiary/aromatic N) is 1. The van der Waals surface area contributed by atoms with Crippen LogP contribution in [0.5, 0.6) is 5.75 Å². The number of imidazole rings is 1. The molecule has 1 unspecified atom stereocenters. The van der Waals surface area contributed by atoms with Gasteiger partial charge in [0.2, 0.25) is 0 Å². The quantitative estimate of drug-likeness (QED) is 0.157. The normalized spacial score (nSPS) is 19.2. The van der Waals surface area contributed by atoms with Crippen molar-refractivity contribution in [3.05, 3.63) is 47.5 Å². The summed E-state index contributed by atoms with van der Waals surface area (Å²) in [4.78, 5) is 25.3. The number of carbonyl (C=O) groups excluding carboxylic acids is 1. The maximum absolute atomic E-state index is 12.8. The van der Waals surface area contributed by atoms with Gasteiger partial charge in [-0.05, 0) is 25.2 Å². The van der Waals surface area contributed by atoms with E-state index in [9.17, 15) is 4.79 Å². The summed E-state index contributed by atoms with van der Waals surface area (Å²) >= 11 is -0.650. The number of carbonyl (C=O) groups is 1. The number of fused-ring (bicyclic) bond motifs is 1. The molecular weight excluding hydrogens is 491 g/mol. The molecule has 0 saturated carbocycles. The summed E-state index contributed by atoms with van der Waals surface area (Å²) in [6.07, 6.45) is 5.38. The third kappa shape index (κ3) is 6.46. The fourth-order valence-corrected chi connectivity index (χ4v) is 5.81. The molecule has 0 bridgehead atoms. The average Bonchev–Trinajstić information content (AvgIpc) is 3.10. The first kappa shape index (κ1) is 23.1. The van der Waals surface area contributed by atoms with Gasteiger partial charge in [0.1, 0.15) is 0 Å². The molecular formula is C24H35IN2O3. The van der Waals surface area contributed by atoms with Crippen molar-refractivity contribution in [2.75, 3.05) is 20.9 Å². The molecule has 5 nitrogen and oxygen atoms in total. The first-order chi connectivity index (χ1) is 14.4. The summed E-state index contributed by atoms with van der Waals surface area (Å²) in [5.41, 5.74) is 3.30.